The maximum Gasteiger partial charge on any atom is 0.269 e. The summed E-state index contributed by atoms with van der Waals surface area (Å²) in [6.07, 6.45) is 2.89. The van der Waals surface area contributed by atoms with Crippen molar-refractivity contribution in [1.82, 2.24) is 10.9 Å². The van der Waals surface area contributed by atoms with Crippen molar-refractivity contribution >= 4 is 29.5 Å². The molecule has 130 valence electrons. The standard InChI is InChI=1S/C20H21ClN2O2/c1-20(2,3)16-11-8-15(9-12-16)19(25)23-22-18(24)13-10-14-6-4-5-7-17(14)21/h4-13H,1-3H3,(H,22,24)(H,23,25)/b13-10+. The first-order chi connectivity index (χ1) is 11.8. The SMILES string of the molecule is CC(C)(C)c1ccc(C(=O)NNC(=O)/C=C/c2ccccc2Cl)cc1. The average Bonchev–Trinajstić information content (AvgIpc) is 2.58. The van der Waals surface area contributed by atoms with E-state index in [1.807, 2.05) is 24.3 Å². The molecule has 0 bridgehead atoms. The Hall–Kier alpha value is -2.59. The largest absolute Gasteiger partial charge is 0.269 e. The predicted octanol–water partition coefficient (Wildman–Crippen LogP) is 4.11. The minimum atomic E-state index is -0.445. The summed E-state index contributed by atoms with van der Waals surface area (Å²) >= 11 is 6.01. The molecule has 0 heterocycles. The second-order valence-corrected chi connectivity index (χ2v) is 7.03. The van der Waals surface area contributed by atoms with Crippen LogP contribution in [0.1, 0.15) is 42.3 Å². The normalized spacial score (nSPS) is 11.4. The van der Waals surface area contributed by atoms with E-state index in [0.717, 1.165) is 11.1 Å². The number of carbonyl (C=O) groups is 2. The first-order valence-electron chi connectivity index (χ1n) is 7.91. The van der Waals surface area contributed by atoms with Crippen LogP contribution in [0.25, 0.3) is 6.08 Å². The zero-order chi connectivity index (χ0) is 18.4. The minimum Gasteiger partial charge on any atom is -0.268 e. The van der Waals surface area contributed by atoms with Gasteiger partial charge in [-0.25, -0.2) is 0 Å². The smallest absolute Gasteiger partial charge is 0.268 e. The molecule has 0 fully saturated rings. The Labute approximate surface area is 152 Å². The van der Waals surface area contributed by atoms with E-state index < -0.39 is 5.91 Å². The molecule has 4 nitrogen and oxygen atoms in total. The lowest BCUT2D eigenvalue weighted by Gasteiger charge is -2.19. The van der Waals surface area contributed by atoms with Crippen LogP contribution in [0.4, 0.5) is 0 Å². The maximum absolute atomic E-state index is 12.1. The summed E-state index contributed by atoms with van der Waals surface area (Å²) in [5.74, 6) is -0.820. The molecule has 0 radical (unpaired) electrons. The fraction of sp³-hybridized carbons (Fsp3) is 0.200. The predicted molar refractivity (Wildman–Crippen MR) is 101 cm³/mol. The Kier molecular flexibility index (Phi) is 5.99. The van der Waals surface area contributed by atoms with Crippen LogP contribution in [-0.2, 0) is 10.2 Å². The van der Waals surface area contributed by atoms with Gasteiger partial charge in [0.2, 0.25) is 0 Å². The summed E-state index contributed by atoms with van der Waals surface area (Å²) in [4.78, 5) is 23.9. The monoisotopic (exact) mass is 356 g/mol. The molecular weight excluding hydrogens is 336 g/mol. The van der Waals surface area contributed by atoms with E-state index in [4.69, 9.17) is 11.6 Å². The fourth-order valence-electron chi connectivity index (χ4n) is 2.13. The number of hydrogen-bond donors (Lipinski definition) is 2. The number of rotatable bonds is 3. The van der Waals surface area contributed by atoms with Gasteiger partial charge < -0.3 is 0 Å². The highest BCUT2D eigenvalue weighted by molar-refractivity contribution is 6.32. The average molecular weight is 357 g/mol. The Morgan fingerprint density at radius 2 is 1.60 bits per heavy atom. The lowest BCUT2D eigenvalue weighted by atomic mass is 9.87. The van der Waals surface area contributed by atoms with Crippen LogP contribution in [0, 0.1) is 0 Å². The van der Waals surface area contributed by atoms with Crippen LogP contribution < -0.4 is 10.9 Å². The summed E-state index contributed by atoms with van der Waals surface area (Å²) in [5, 5.41) is 0.550. The molecule has 5 heteroatoms. The van der Waals surface area contributed by atoms with Gasteiger partial charge in [-0.3, -0.25) is 20.4 Å². The number of benzene rings is 2. The van der Waals surface area contributed by atoms with E-state index >= 15 is 0 Å². The number of halogens is 1. The van der Waals surface area contributed by atoms with Gasteiger partial charge in [-0.15, -0.1) is 0 Å². The van der Waals surface area contributed by atoms with E-state index in [1.54, 1.807) is 30.3 Å². The molecule has 0 atom stereocenters. The lowest BCUT2D eigenvalue weighted by molar-refractivity contribution is -0.117. The molecule has 0 saturated heterocycles. The van der Waals surface area contributed by atoms with Gasteiger partial charge in [0.1, 0.15) is 0 Å². The first kappa shape index (κ1) is 18.7. The first-order valence-corrected chi connectivity index (χ1v) is 8.28. The highest BCUT2D eigenvalue weighted by Crippen LogP contribution is 2.22. The number of amides is 2. The number of hydrazine groups is 1. The van der Waals surface area contributed by atoms with E-state index in [1.165, 1.54) is 6.08 Å². The molecule has 25 heavy (non-hydrogen) atoms. The molecule has 0 spiro atoms. The lowest BCUT2D eigenvalue weighted by Crippen LogP contribution is -2.40. The van der Waals surface area contributed by atoms with Crippen molar-refractivity contribution in [3.05, 3.63) is 76.3 Å². The molecule has 2 rings (SSSR count). The second-order valence-electron chi connectivity index (χ2n) is 6.63. The van der Waals surface area contributed by atoms with Crippen LogP contribution in [-0.4, -0.2) is 11.8 Å². The topological polar surface area (TPSA) is 58.2 Å². The van der Waals surface area contributed by atoms with Crippen LogP contribution >= 0.6 is 11.6 Å². The van der Waals surface area contributed by atoms with Crippen LogP contribution in [0.3, 0.4) is 0 Å². The molecular formula is C20H21ClN2O2. The molecule has 2 amide bonds. The molecule has 0 aromatic heterocycles. The van der Waals surface area contributed by atoms with Crippen molar-refractivity contribution in [2.45, 2.75) is 26.2 Å². The molecule has 0 aliphatic rings. The number of carbonyl (C=O) groups excluding carboxylic acids is 2. The van der Waals surface area contributed by atoms with Gasteiger partial charge in [-0.05, 0) is 40.8 Å². The van der Waals surface area contributed by atoms with Gasteiger partial charge in [0.25, 0.3) is 11.8 Å². The zero-order valence-corrected chi connectivity index (χ0v) is 15.2. The van der Waals surface area contributed by atoms with Crippen molar-refractivity contribution < 1.29 is 9.59 Å². The summed E-state index contributed by atoms with van der Waals surface area (Å²) in [7, 11) is 0. The Morgan fingerprint density at radius 1 is 0.960 bits per heavy atom. The number of nitrogens with one attached hydrogen (secondary N) is 2. The fourth-order valence-corrected chi connectivity index (χ4v) is 2.33. The molecule has 2 aromatic rings. The van der Waals surface area contributed by atoms with Gasteiger partial charge in [-0.1, -0.05) is 62.7 Å². The Bertz CT molecular complexity index is 790. The van der Waals surface area contributed by atoms with Crippen molar-refractivity contribution in [1.29, 1.82) is 0 Å². The summed E-state index contributed by atoms with van der Waals surface area (Å²) in [6.45, 7) is 6.31. The van der Waals surface area contributed by atoms with Crippen molar-refractivity contribution in [3.8, 4) is 0 Å². The van der Waals surface area contributed by atoms with Gasteiger partial charge in [-0.2, -0.15) is 0 Å². The van der Waals surface area contributed by atoms with Crippen molar-refractivity contribution in [3.63, 3.8) is 0 Å². The van der Waals surface area contributed by atoms with Crippen LogP contribution in [0.5, 0.6) is 0 Å². The summed E-state index contributed by atoms with van der Waals surface area (Å²) in [5.41, 5.74) is 7.09. The minimum absolute atomic E-state index is 0.0206. The van der Waals surface area contributed by atoms with E-state index in [-0.39, 0.29) is 11.3 Å². The van der Waals surface area contributed by atoms with E-state index in [0.29, 0.717) is 10.6 Å². The highest BCUT2D eigenvalue weighted by Gasteiger charge is 2.14. The summed E-state index contributed by atoms with van der Waals surface area (Å²) < 4.78 is 0. The molecule has 0 aliphatic heterocycles. The molecule has 0 aliphatic carbocycles. The zero-order valence-electron chi connectivity index (χ0n) is 14.5. The van der Waals surface area contributed by atoms with Gasteiger partial charge in [0.05, 0.1) is 0 Å². The Balaban J connectivity index is 1.91. The third-order valence-electron chi connectivity index (χ3n) is 3.63. The van der Waals surface area contributed by atoms with Gasteiger partial charge in [0.15, 0.2) is 0 Å². The van der Waals surface area contributed by atoms with Crippen molar-refractivity contribution in [2.24, 2.45) is 0 Å². The van der Waals surface area contributed by atoms with Gasteiger partial charge >= 0.3 is 0 Å². The van der Waals surface area contributed by atoms with Gasteiger partial charge in [0, 0.05) is 16.7 Å². The number of hydrogen-bond acceptors (Lipinski definition) is 2. The molecule has 2 N–H and O–H groups in total. The highest BCUT2D eigenvalue weighted by atomic mass is 35.5. The molecule has 0 saturated carbocycles. The van der Waals surface area contributed by atoms with Crippen LogP contribution in [0.15, 0.2) is 54.6 Å². The Morgan fingerprint density at radius 3 is 2.20 bits per heavy atom. The van der Waals surface area contributed by atoms with E-state index in [9.17, 15) is 9.59 Å². The maximum atomic E-state index is 12.1. The third-order valence-corrected chi connectivity index (χ3v) is 3.98. The summed E-state index contributed by atoms with van der Waals surface area (Å²) in [6, 6.07) is 14.5. The van der Waals surface area contributed by atoms with Crippen molar-refractivity contribution in [2.75, 3.05) is 0 Å². The second kappa shape index (κ2) is 7.99. The van der Waals surface area contributed by atoms with E-state index in [2.05, 4.69) is 31.6 Å². The quantitative estimate of drug-likeness (QED) is 0.642. The van der Waals surface area contributed by atoms with Crippen LogP contribution in [0.2, 0.25) is 5.02 Å². The molecule has 2 aromatic carbocycles. The molecule has 0 unspecified atom stereocenters. The third kappa shape index (κ3) is 5.47.